The second-order valence-electron chi connectivity index (χ2n) is 11.9. The molecule has 0 spiro atoms. The third-order valence-electron chi connectivity index (χ3n) is 8.41. The number of sulfonamides is 1. The summed E-state index contributed by atoms with van der Waals surface area (Å²) >= 11 is 0. The van der Waals surface area contributed by atoms with Gasteiger partial charge in [0.25, 0.3) is 0 Å². The van der Waals surface area contributed by atoms with Crippen molar-refractivity contribution < 1.29 is 13.2 Å². The van der Waals surface area contributed by atoms with Crippen molar-refractivity contribution in [1.29, 1.82) is 0 Å². The van der Waals surface area contributed by atoms with E-state index >= 15 is 0 Å². The monoisotopic (exact) mass is 535 g/mol. The Balaban J connectivity index is 1.66. The highest BCUT2D eigenvalue weighted by Crippen LogP contribution is 2.32. The number of nitrogens with zero attached hydrogens (tertiary/aromatic N) is 1. The van der Waals surface area contributed by atoms with Gasteiger partial charge in [0.15, 0.2) is 0 Å². The first-order chi connectivity index (χ1) is 17.7. The van der Waals surface area contributed by atoms with Crippen molar-refractivity contribution in [2.45, 2.75) is 96.1 Å². The Morgan fingerprint density at radius 3 is 2.59 bits per heavy atom. The van der Waals surface area contributed by atoms with E-state index in [0.29, 0.717) is 24.5 Å². The summed E-state index contributed by atoms with van der Waals surface area (Å²) in [6.45, 7) is 12.2. The summed E-state index contributed by atoms with van der Waals surface area (Å²) in [6.07, 6.45) is 4.47. The smallest absolute Gasteiger partial charge is 0.216 e. The standard InChI is InChI=1S/C28H49N5O3S/c1-19(2)14-23-18-36-26-16-25(27-20(3)8-6-9-21(27)4)30-28(31-26)32-37(34,35)24-11-7-10-22(15-24)17-33(23)13-12-29-5/h6,8-9,19,22-26,28-32H,7,10-18H2,1-5H3/t22?,23-,24?,25?,26?,28?/m1/s1. The van der Waals surface area contributed by atoms with Crippen LogP contribution < -0.4 is 20.7 Å². The molecule has 4 N–H and O–H groups in total. The molecule has 37 heavy (non-hydrogen) atoms. The molecule has 2 heterocycles. The Morgan fingerprint density at radius 1 is 1.14 bits per heavy atom. The highest BCUT2D eigenvalue weighted by molar-refractivity contribution is 7.90. The van der Waals surface area contributed by atoms with Crippen LogP contribution >= 0.6 is 0 Å². The van der Waals surface area contributed by atoms with Crippen LogP contribution in [0.5, 0.6) is 0 Å². The summed E-state index contributed by atoms with van der Waals surface area (Å²) < 4.78 is 36.8. The maximum atomic E-state index is 13.6. The van der Waals surface area contributed by atoms with Gasteiger partial charge in [-0.3, -0.25) is 15.5 Å². The Hall–Kier alpha value is -1.07. The lowest BCUT2D eigenvalue weighted by Crippen LogP contribution is -2.64. The average molecular weight is 536 g/mol. The van der Waals surface area contributed by atoms with E-state index in [4.69, 9.17) is 4.74 Å². The molecular formula is C28H49N5O3S. The quantitative estimate of drug-likeness (QED) is 0.445. The minimum atomic E-state index is -3.50. The molecule has 4 rings (SSSR count). The fraction of sp³-hybridized carbons (Fsp3) is 0.786. The maximum Gasteiger partial charge on any atom is 0.216 e. The number of benzene rings is 1. The Kier molecular flexibility index (Phi) is 10.0. The Bertz CT molecular complexity index is 968. The van der Waals surface area contributed by atoms with Crippen molar-refractivity contribution in [2.24, 2.45) is 11.8 Å². The van der Waals surface area contributed by atoms with E-state index < -0.39 is 16.3 Å². The summed E-state index contributed by atoms with van der Waals surface area (Å²) in [7, 11) is -1.50. The van der Waals surface area contributed by atoms with Crippen LogP contribution in [0.1, 0.15) is 75.1 Å². The number of ether oxygens (including phenoxy) is 1. The zero-order valence-electron chi connectivity index (χ0n) is 23.4. The molecule has 3 fully saturated rings. The van der Waals surface area contributed by atoms with Gasteiger partial charge < -0.3 is 10.1 Å². The molecule has 8 nitrogen and oxygen atoms in total. The molecule has 1 saturated carbocycles. The number of hydrogen-bond acceptors (Lipinski definition) is 7. The van der Waals surface area contributed by atoms with Gasteiger partial charge in [0, 0.05) is 38.1 Å². The zero-order chi connectivity index (χ0) is 26.6. The first-order valence-corrected chi connectivity index (χ1v) is 15.8. The van der Waals surface area contributed by atoms with Gasteiger partial charge >= 0.3 is 0 Å². The van der Waals surface area contributed by atoms with Gasteiger partial charge in [-0.2, -0.15) is 4.72 Å². The van der Waals surface area contributed by atoms with Crippen LogP contribution in [0.4, 0.5) is 0 Å². The predicted molar refractivity (Wildman–Crippen MR) is 150 cm³/mol. The van der Waals surface area contributed by atoms with Gasteiger partial charge in [-0.1, -0.05) is 38.5 Å². The van der Waals surface area contributed by atoms with Crippen molar-refractivity contribution in [1.82, 2.24) is 25.6 Å². The first-order valence-electron chi connectivity index (χ1n) is 14.3. The second kappa shape index (κ2) is 12.9. The molecule has 1 aromatic carbocycles. The fourth-order valence-electron chi connectivity index (χ4n) is 6.60. The molecule has 6 atom stereocenters. The molecule has 5 unspecified atom stereocenters. The van der Waals surface area contributed by atoms with E-state index in [1.54, 1.807) is 0 Å². The summed E-state index contributed by atoms with van der Waals surface area (Å²) in [6, 6.07) is 6.63. The minimum absolute atomic E-state index is 0.00618. The second-order valence-corrected chi connectivity index (χ2v) is 13.9. The van der Waals surface area contributed by atoms with E-state index in [1.807, 2.05) is 7.05 Å². The van der Waals surface area contributed by atoms with Crippen molar-refractivity contribution in [3.8, 4) is 0 Å². The lowest BCUT2D eigenvalue weighted by Gasteiger charge is -2.40. The van der Waals surface area contributed by atoms with Gasteiger partial charge in [0.1, 0.15) is 12.5 Å². The van der Waals surface area contributed by atoms with Gasteiger partial charge in [-0.25, -0.2) is 8.42 Å². The van der Waals surface area contributed by atoms with Crippen LogP contribution in [0, 0.1) is 25.7 Å². The number of rotatable bonds is 6. The average Bonchev–Trinajstić information content (AvgIpc) is 2.83. The molecule has 1 aromatic rings. The first kappa shape index (κ1) is 28.9. The van der Waals surface area contributed by atoms with Crippen molar-refractivity contribution in [2.75, 3.05) is 33.3 Å². The summed E-state index contributed by atoms with van der Waals surface area (Å²) in [5, 5.41) is 9.96. The zero-order valence-corrected chi connectivity index (χ0v) is 24.2. The molecule has 0 amide bonds. The molecule has 3 aliphatic rings. The number of likely N-dealkylation sites (N-methyl/N-ethyl adjacent to an activating group) is 1. The van der Waals surface area contributed by atoms with Crippen molar-refractivity contribution in [3.05, 3.63) is 34.9 Å². The number of nitrogens with one attached hydrogen (secondary N) is 4. The predicted octanol–water partition coefficient (Wildman–Crippen LogP) is 2.98. The van der Waals surface area contributed by atoms with E-state index in [2.05, 4.69) is 71.5 Å². The molecule has 2 aliphatic heterocycles. The summed E-state index contributed by atoms with van der Waals surface area (Å²) in [5.74, 6) is 0.934. The van der Waals surface area contributed by atoms with Gasteiger partial charge in [0.05, 0.1) is 11.9 Å². The van der Waals surface area contributed by atoms with Gasteiger partial charge in [0.2, 0.25) is 10.0 Å². The molecule has 0 radical (unpaired) electrons. The SMILES string of the molecule is CNCCN1CC2CCCC(C2)S(=O)(=O)NC2NC(CC(c3c(C)cccc3C)N2)OC[C@H]1CC(C)C. The van der Waals surface area contributed by atoms with Crippen LogP contribution in [0.15, 0.2) is 18.2 Å². The molecule has 0 aromatic heterocycles. The normalized spacial score (nSPS) is 33.4. The van der Waals surface area contributed by atoms with E-state index in [-0.39, 0.29) is 17.5 Å². The van der Waals surface area contributed by atoms with Crippen LogP contribution in [0.3, 0.4) is 0 Å². The molecule has 210 valence electrons. The lowest BCUT2D eigenvalue weighted by molar-refractivity contribution is -0.0467. The Morgan fingerprint density at radius 2 is 1.89 bits per heavy atom. The van der Waals surface area contributed by atoms with Gasteiger partial charge in [-0.05, 0) is 75.1 Å². The number of hydrogen-bond donors (Lipinski definition) is 4. The summed E-state index contributed by atoms with van der Waals surface area (Å²) in [4.78, 5) is 2.57. The van der Waals surface area contributed by atoms with E-state index in [0.717, 1.165) is 58.2 Å². The topological polar surface area (TPSA) is 94.7 Å². The molecular weight excluding hydrogens is 486 g/mol. The minimum Gasteiger partial charge on any atom is -0.362 e. The van der Waals surface area contributed by atoms with Crippen LogP contribution in [0.25, 0.3) is 0 Å². The van der Waals surface area contributed by atoms with Gasteiger partial charge in [-0.15, -0.1) is 0 Å². The van der Waals surface area contributed by atoms with Crippen molar-refractivity contribution >= 4 is 10.0 Å². The highest BCUT2D eigenvalue weighted by Gasteiger charge is 2.39. The number of aryl methyl sites for hydroxylation is 2. The fourth-order valence-corrected chi connectivity index (χ4v) is 8.26. The summed E-state index contributed by atoms with van der Waals surface area (Å²) in [5.41, 5.74) is 3.66. The molecule has 2 saturated heterocycles. The number of fused-ring (bicyclic) bond motifs is 4. The molecule has 1 aliphatic carbocycles. The third kappa shape index (κ3) is 7.53. The van der Waals surface area contributed by atoms with Crippen LogP contribution in [-0.4, -0.2) is 70.4 Å². The molecule has 4 bridgehead atoms. The van der Waals surface area contributed by atoms with Crippen LogP contribution in [-0.2, 0) is 14.8 Å². The largest absolute Gasteiger partial charge is 0.362 e. The van der Waals surface area contributed by atoms with E-state index in [9.17, 15) is 8.42 Å². The van der Waals surface area contributed by atoms with Crippen LogP contribution in [0.2, 0.25) is 0 Å². The highest BCUT2D eigenvalue weighted by atomic mass is 32.2. The Labute approximate surface area is 224 Å². The van der Waals surface area contributed by atoms with Crippen molar-refractivity contribution in [3.63, 3.8) is 0 Å². The third-order valence-corrected chi connectivity index (χ3v) is 10.3. The molecule has 9 heteroatoms. The lowest BCUT2D eigenvalue weighted by atomic mass is 9.87. The maximum absolute atomic E-state index is 13.6. The van der Waals surface area contributed by atoms with E-state index in [1.165, 1.54) is 16.7 Å².